The maximum absolute atomic E-state index is 15.0. The number of anilines is 1. The van der Waals surface area contributed by atoms with Crippen LogP contribution in [0, 0.1) is 5.92 Å². The van der Waals surface area contributed by atoms with E-state index in [0.29, 0.717) is 33.1 Å². The van der Waals surface area contributed by atoms with Crippen molar-refractivity contribution in [3.05, 3.63) is 149 Å². The van der Waals surface area contributed by atoms with E-state index >= 15 is 0 Å². The Balaban J connectivity index is 1.50. The van der Waals surface area contributed by atoms with Crippen LogP contribution in [0.5, 0.6) is 5.75 Å². The number of hydrogen-bond donors (Lipinski definition) is 1. The molecule has 1 amide bonds. The summed E-state index contributed by atoms with van der Waals surface area (Å²) in [6, 6.07) is 27.2. The lowest BCUT2D eigenvalue weighted by Gasteiger charge is -2.38. The van der Waals surface area contributed by atoms with Gasteiger partial charge in [-0.25, -0.2) is 0 Å². The Bertz CT molecular complexity index is 1830. The van der Waals surface area contributed by atoms with Crippen molar-refractivity contribution in [2.45, 2.75) is 17.5 Å². The molecule has 6 nitrogen and oxygen atoms in total. The Morgan fingerprint density at radius 3 is 2.51 bits per heavy atom. The van der Waals surface area contributed by atoms with E-state index in [1.807, 2.05) is 65.7 Å². The van der Waals surface area contributed by atoms with Gasteiger partial charge >= 0.3 is 0 Å². The van der Waals surface area contributed by atoms with Gasteiger partial charge < -0.3 is 15.0 Å². The first-order valence-electron chi connectivity index (χ1n) is 14.1. The summed E-state index contributed by atoms with van der Waals surface area (Å²) < 4.78 is 5.75. The van der Waals surface area contributed by atoms with E-state index < -0.39 is 23.4 Å². The molecule has 7 rings (SSSR count). The van der Waals surface area contributed by atoms with Gasteiger partial charge in [-0.15, -0.1) is 0 Å². The molecule has 3 aliphatic rings. The van der Waals surface area contributed by atoms with Gasteiger partial charge in [-0.1, -0.05) is 78.9 Å². The molecule has 4 aromatic rings. The monoisotopic (exact) mass is 586 g/mol. The number of amides is 1. The largest absolute Gasteiger partial charge is 0.490 e. The summed E-state index contributed by atoms with van der Waals surface area (Å²) in [4.78, 5) is 46.0. The summed E-state index contributed by atoms with van der Waals surface area (Å²) in [6.07, 6.45) is 5.43. The Morgan fingerprint density at radius 2 is 1.70 bits per heavy atom. The molecule has 4 aromatic carbocycles. The third-order valence-corrected chi connectivity index (χ3v) is 8.99. The zero-order valence-electron chi connectivity index (χ0n) is 23.1. The number of hydrogen-bond acceptors (Lipinski definition) is 5. The van der Waals surface area contributed by atoms with Crippen LogP contribution in [0.25, 0.3) is 6.08 Å². The van der Waals surface area contributed by atoms with Gasteiger partial charge in [0, 0.05) is 28.0 Å². The second kappa shape index (κ2) is 10.4. The van der Waals surface area contributed by atoms with E-state index in [-0.39, 0.29) is 24.1 Å². The Labute approximate surface area is 254 Å². The Kier molecular flexibility index (Phi) is 6.51. The van der Waals surface area contributed by atoms with Gasteiger partial charge in [0.15, 0.2) is 11.6 Å². The first-order valence-corrected chi connectivity index (χ1v) is 14.5. The summed E-state index contributed by atoms with van der Waals surface area (Å²) in [6.45, 7) is 3.98. The minimum Gasteiger partial charge on any atom is -0.490 e. The van der Waals surface area contributed by atoms with Crippen LogP contribution in [0.2, 0.25) is 5.02 Å². The second-order valence-corrected chi connectivity index (χ2v) is 11.4. The van der Waals surface area contributed by atoms with Gasteiger partial charge in [-0.3, -0.25) is 14.4 Å². The van der Waals surface area contributed by atoms with Crippen molar-refractivity contribution in [1.29, 1.82) is 0 Å². The predicted octanol–water partition coefficient (Wildman–Crippen LogP) is 6.89. The highest BCUT2D eigenvalue weighted by molar-refractivity contribution is 6.30. The van der Waals surface area contributed by atoms with Crippen molar-refractivity contribution >= 4 is 40.8 Å². The molecule has 1 spiro atoms. The SMILES string of the molecule is C=CCOc1cccc(C(=O)C2C(C(=O)c3ccc(Cl)cc3)N3C=Cc4ccccc4C3C23C(=O)Nc2ccccc23)c1. The third kappa shape index (κ3) is 4.05. The summed E-state index contributed by atoms with van der Waals surface area (Å²) in [5.74, 6) is -1.47. The van der Waals surface area contributed by atoms with Crippen molar-refractivity contribution in [3.8, 4) is 5.75 Å². The topological polar surface area (TPSA) is 75.7 Å². The number of nitrogens with zero attached hydrogens (tertiary/aromatic N) is 1. The molecular formula is C36H27ClN2O4. The van der Waals surface area contributed by atoms with Crippen molar-refractivity contribution in [2.75, 3.05) is 11.9 Å². The summed E-state index contributed by atoms with van der Waals surface area (Å²) in [5.41, 5.74) is 2.51. The fourth-order valence-corrected chi connectivity index (χ4v) is 7.15. The first kappa shape index (κ1) is 26.9. The number of ether oxygens (including phenoxy) is 1. The first-order chi connectivity index (χ1) is 20.9. The van der Waals surface area contributed by atoms with Gasteiger partial charge in [0.1, 0.15) is 23.8 Å². The number of Topliss-reactive ketones (excluding diaryl/α,β-unsaturated/α-hetero) is 2. The summed E-state index contributed by atoms with van der Waals surface area (Å²) in [7, 11) is 0. The summed E-state index contributed by atoms with van der Waals surface area (Å²) >= 11 is 6.17. The number of benzene rings is 4. The minimum atomic E-state index is -1.40. The normalized spacial score (nSPS) is 22.9. The highest BCUT2D eigenvalue weighted by Gasteiger charge is 2.70. The van der Waals surface area contributed by atoms with Crippen LogP contribution < -0.4 is 10.1 Å². The van der Waals surface area contributed by atoms with E-state index in [9.17, 15) is 14.4 Å². The molecule has 3 heterocycles. The van der Waals surface area contributed by atoms with Crippen LogP contribution in [0.1, 0.15) is 43.4 Å². The molecule has 0 aliphatic carbocycles. The van der Waals surface area contributed by atoms with E-state index in [2.05, 4.69) is 11.9 Å². The quantitative estimate of drug-likeness (QED) is 0.189. The van der Waals surface area contributed by atoms with Crippen molar-refractivity contribution in [2.24, 2.45) is 5.92 Å². The van der Waals surface area contributed by atoms with Gasteiger partial charge in [0.25, 0.3) is 0 Å². The standard InChI is InChI=1S/C36H27ClN2O4/c1-2-20-43-26-10-7-9-24(21-26)32(40)30-31(33(41)23-14-16-25(37)17-15-23)39-19-18-22-8-3-4-11-27(22)34(39)36(30)28-12-5-6-13-29(28)38-35(36)42/h2-19,21,30-31,34H,1,20H2,(H,38,42). The van der Waals surface area contributed by atoms with Crippen LogP contribution in [0.3, 0.4) is 0 Å². The van der Waals surface area contributed by atoms with Crippen LogP contribution in [0.15, 0.2) is 116 Å². The smallest absolute Gasteiger partial charge is 0.238 e. The number of nitrogens with one attached hydrogen (secondary N) is 1. The van der Waals surface area contributed by atoms with Crippen LogP contribution in [-0.2, 0) is 10.2 Å². The molecule has 3 aliphatic heterocycles. The van der Waals surface area contributed by atoms with E-state index in [1.54, 1.807) is 54.6 Å². The Hall–Kier alpha value is -4.94. The van der Waals surface area contributed by atoms with E-state index in [1.165, 1.54) is 0 Å². The highest BCUT2D eigenvalue weighted by Crippen LogP contribution is 2.62. The lowest BCUT2D eigenvalue weighted by molar-refractivity contribution is -0.122. The van der Waals surface area contributed by atoms with Crippen molar-refractivity contribution < 1.29 is 19.1 Å². The minimum absolute atomic E-state index is 0.267. The molecule has 0 bridgehead atoms. The van der Waals surface area contributed by atoms with Crippen molar-refractivity contribution in [1.82, 2.24) is 4.90 Å². The van der Waals surface area contributed by atoms with Crippen LogP contribution >= 0.6 is 11.6 Å². The maximum Gasteiger partial charge on any atom is 0.238 e. The van der Waals surface area contributed by atoms with Crippen LogP contribution in [0.4, 0.5) is 5.69 Å². The predicted molar refractivity (Wildman–Crippen MR) is 166 cm³/mol. The number of halogens is 1. The molecular weight excluding hydrogens is 560 g/mol. The fourth-order valence-electron chi connectivity index (χ4n) is 7.03. The van der Waals surface area contributed by atoms with E-state index in [4.69, 9.17) is 16.3 Å². The number of carbonyl (C=O) groups is 3. The average Bonchev–Trinajstić information content (AvgIpc) is 3.52. The molecule has 43 heavy (non-hydrogen) atoms. The van der Waals surface area contributed by atoms with Gasteiger partial charge in [-0.05, 0) is 65.2 Å². The van der Waals surface area contributed by atoms with Crippen LogP contribution in [-0.4, -0.2) is 35.0 Å². The van der Waals surface area contributed by atoms with E-state index in [0.717, 1.165) is 11.1 Å². The number of para-hydroxylation sites is 1. The van der Waals surface area contributed by atoms with Gasteiger partial charge in [0.2, 0.25) is 5.91 Å². The molecule has 4 atom stereocenters. The number of fused-ring (bicyclic) bond motifs is 6. The molecule has 1 fully saturated rings. The molecule has 0 aromatic heterocycles. The van der Waals surface area contributed by atoms with Crippen molar-refractivity contribution in [3.63, 3.8) is 0 Å². The average molecular weight is 587 g/mol. The Morgan fingerprint density at radius 1 is 0.930 bits per heavy atom. The molecule has 7 heteroatoms. The number of rotatable bonds is 7. The lowest BCUT2D eigenvalue weighted by Crippen LogP contribution is -2.49. The highest BCUT2D eigenvalue weighted by atomic mass is 35.5. The van der Waals surface area contributed by atoms with Gasteiger partial charge in [-0.2, -0.15) is 0 Å². The number of ketones is 2. The molecule has 0 radical (unpaired) electrons. The zero-order valence-corrected chi connectivity index (χ0v) is 23.8. The summed E-state index contributed by atoms with van der Waals surface area (Å²) in [5, 5.41) is 3.57. The molecule has 1 N–H and O–H groups in total. The second-order valence-electron chi connectivity index (χ2n) is 10.9. The molecule has 1 saturated heterocycles. The lowest BCUT2D eigenvalue weighted by atomic mass is 9.62. The zero-order chi connectivity index (χ0) is 29.7. The third-order valence-electron chi connectivity index (χ3n) is 8.74. The molecule has 4 unspecified atom stereocenters. The molecule has 0 saturated carbocycles. The fraction of sp³-hybridized carbons (Fsp3) is 0.139. The number of carbonyl (C=O) groups excluding carboxylic acids is 3. The molecule has 212 valence electrons. The van der Waals surface area contributed by atoms with Gasteiger partial charge in [0.05, 0.1) is 12.0 Å². The maximum atomic E-state index is 15.0.